The van der Waals surface area contributed by atoms with Gasteiger partial charge < -0.3 is 9.88 Å². The lowest BCUT2D eigenvalue weighted by Crippen LogP contribution is -2.24. The molecule has 0 aliphatic carbocycles. The summed E-state index contributed by atoms with van der Waals surface area (Å²) in [6.45, 7) is 6.41. The highest BCUT2D eigenvalue weighted by atomic mass is 32.2. The van der Waals surface area contributed by atoms with Crippen molar-refractivity contribution >= 4 is 21.6 Å². The average molecular weight is 412 g/mol. The maximum absolute atomic E-state index is 12.6. The molecule has 0 fully saturated rings. The summed E-state index contributed by atoms with van der Waals surface area (Å²) in [4.78, 5) is 11.2. The second-order valence-corrected chi connectivity index (χ2v) is 8.85. The van der Waals surface area contributed by atoms with E-state index in [0.717, 1.165) is 5.69 Å². The number of carbonyl (C=O) groups is 1. The van der Waals surface area contributed by atoms with E-state index in [2.05, 4.69) is 42.1 Å². The highest BCUT2D eigenvalue weighted by Crippen LogP contribution is 2.16. The van der Waals surface area contributed by atoms with Crippen LogP contribution in [0.2, 0.25) is 0 Å². The third kappa shape index (κ3) is 5.34. The second kappa shape index (κ2) is 8.63. The molecule has 152 valence electrons. The van der Waals surface area contributed by atoms with Crippen molar-refractivity contribution < 1.29 is 13.2 Å². The highest BCUT2D eigenvalue weighted by molar-refractivity contribution is 7.89. The minimum Gasteiger partial charge on any atom is -0.346 e. The molecular weight excluding hydrogens is 386 g/mol. The number of benzene rings is 2. The quantitative estimate of drug-likeness (QED) is 0.623. The number of hydrogen-bond donors (Lipinski definition) is 2. The maximum atomic E-state index is 12.6. The number of aryl methyl sites for hydroxylation is 2. The van der Waals surface area contributed by atoms with Gasteiger partial charge in [-0.1, -0.05) is 23.8 Å². The summed E-state index contributed by atoms with van der Waals surface area (Å²) in [5.41, 5.74) is 5.04. The maximum Gasteiger partial charge on any atom is 0.240 e. The number of rotatable bonds is 7. The zero-order valence-corrected chi connectivity index (χ0v) is 17.6. The molecule has 2 aromatic carbocycles. The Morgan fingerprint density at radius 3 is 2.45 bits per heavy atom. The van der Waals surface area contributed by atoms with Crippen LogP contribution in [0.5, 0.6) is 0 Å². The molecule has 0 atom stereocenters. The van der Waals surface area contributed by atoms with E-state index in [1.807, 2.05) is 22.9 Å². The molecule has 0 spiro atoms. The van der Waals surface area contributed by atoms with E-state index in [1.165, 1.54) is 35.7 Å². The Kier molecular flexibility index (Phi) is 6.20. The van der Waals surface area contributed by atoms with Gasteiger partial charge in [-0.3, -0.25) is 4.79 Å². The third-order valence-corrected chi connectivity index (χ3v) is 6.11. The molecule has 2 N–H and O–H groups in total. The fourth-order valence-electron chi connectivity index (χ4n) is 3.09. The average Bonchev–Trinajstić information content (AvgIpc) is 3.10. The lowest BCUT2D eigenvalue weighted by atomic mass is 10.1. The zero-order chi connectivity index (χ0) is 21.0. The van der Waals surface area contributed by atoms with Gasteiger partial charge in [-0.15, -0.1) is 0 Å². The van der Waals surface area contributed by atoms with Crippen LogP contribution >= 0.6 is 0 Å². The molecule has 0 aliphatic heterocycles. The zero-order valence-electron chi connectivity index (χ0n) is 16.8. The fraction of sp³-hybridized carbons (Fsp3) is 0.227. The van der Waals surface area contributed by atoms with Crippen LogP contribution in [0.1, 0.15) is 29.3 Å². The van der Waals surface area contributed by atoms with Crippen molar-refractivity contribution in [3.63, 3.8) is 0 Å². The van der Waals surface area contributed by atoms with Crippen LogP contribution in [-0.4, -0.2) is 18.9 Å². The van der Waals surface area contributed by atoms with Gasteiger partial charge in [0.1, 0.15) is 0 Å². The molecule has 0 radical (unpaired) electrons. The number of aromatic nitrogens is 1. The molecule has 0 saturated carbocycles. The van der Waals surface area contributed by atoms with Gasteiger partial charge in [-0.2, -0.15) is 0 Å². The molecule has 6 nitrogen and oxygen atoms in total. The summed E-state index contributed by atoms with van der Waals surface area (Å²) < 4.78 is 29.9. The predicted octanol–water partition coefficient (Wildman–Crippen LogP) is 3.59. The van der Waals surface area contributed by atoms with Gasteiger partial charge in [0.05, 0.1) is 11.4 Å². The Morgan fingerprint density at radius 1 is 1.03 bits per heavy atom. The second-order valence-electron chi connectivity index (χ2n) is 7.09. The summed E-state index contributed by atoms with van der Waals surface area (Å²) in [6, 6.07) is 16.2. The first kappa shape index (κ1) is 20.8. The first-order chi connectivity index (χ1) is 13.7. The molecule has 1 aromatic heterocycles. The molecule has 7 heteroatoms. The van der Waals surface area contributed by atoms with Gasteiger partial charge in [-0.05, 0) is 61.4 Å². The largest absolute Gasteiger partial charge is 0.346 e. The molecule has 0 bridgehead atoms. The van der Waals surface area contributed by atoms with Crippen LogP contribution in [0.3, 0.4) is 0 Å². The van der Waals surface area contributed by atoms with Crippen molar-refractivity contribution in [3.05, 3.63) is 83.2 Å². The van der Waals surface area contributed by atoms with Gasteiger partial charge >= 0.3 is 0 Å². The van der Waals surface area contributed by atoms with Gasteiger partial charge in [-0.25, -0.2) is 13.1 Å². The Balaban J connectivity index is 1.71. The Hall–Kier alpha value is -2.90. The van der Waals surface area contributed by atoms with Gasteiger partial charge in [0.2, 0.25) is 15.9 Å². The van der Waals surface area contributed by atoms with Crippen molar-refractivity contribution in [2.45, 2.75) is 38.8 Å². The third-order valence-electron chi connectivity index (χ3n) is 4.70. The van der Waals surface area contributed by atoms with Gasteiger partial charge in [0, 0.05) is 31.0 Å². The van der Waals surface area contributed by atoms with Gasteiger partial charge in [0.25, 0.3) is 0 Å². The first-order valence-corrected chi connectivity index (χ1v) is 10.8. The topological polar surface area (TPSA) is 80.2 Å². The monoisotopic (exact) mass is 411 g/mol. The van der Waals surface area contributed by atoms with Crippen molar-refractivity contribution in [2.24, 2.45) is 0 Å². The standard InChI is InChI=1S/C22H25N3O3S/c1-16-6-7-17(2)19(13-16)15-25-12-4-5-21(25)14-23-29(27,28)22-10-8-20(9-11-22)24-18(3)26/h4-13,23H,14-15H2,1-3H3,(H,24,26). The van der Waals surface area contributed by atoms with Crippen molar-refractivity contribution in [1.29, 1.82) is 0 Å². The van der Waals surface area contributed by atoms with Crippen LogP contribution < -0.4 is 10.0 Å². The predicted molar refractivity (Wildman–Crippen MR) is 114 cm³/mol. The number of anilines is 1. The molecule has 0 unspecified atom stereocenters. The molecule has 29 heavy (non-hydrogen) atoms. The minimum absolute atomic E-state index is 0.152. The first-order valence-electron chi connectivity index (χ1n) is 9.32. The van der Waals surface area contributed by atoms with E-state index in [4.69, 9.17) is 0 Å². The van der Waals surface area contributed by atoms with E-state index in [1.54, 1.807) is 12.1 Å². The van der Waals surface area contributed by atoms with E-state index in [0.29, 0.717) is 12.2 Å². The number of sulfonamides is 1. The molecule has 3 rings (SSSR count). The summed E-state index contributed by atoms with van der Waals surface area (Å²) >= 11 is 0. The SMILES string of the molecule is CC(=O)Nc1ccc(S(=O)(=O)NCc2cccn2Cc2cc(C)ccc2C)cc1. The molecule has 0 saturated heterocycles. The molecular formula is C22H25N3O3S. The number of nitrogens with one attached hydrogen (secondary N) is 2. The molecule has 0 aliphatic rings. The Morgan fingerprint density at radius 2 is 1.76 bits per heavy atom. The summed E-state index contributed by atoms with van der Waals surface area (Å²) in [5, 5.41) is 2.62. The van der Waals surface area contributed by atoms with E-state index < -0.39 is 10.0 Å². The Labute approximate surface area is 171 Å². The van der Waals surface area contributed by atoms with E-state index in [9.17, 15) is 13.2 Å². The number of amides is 1. The van der Waals surface area contributed by atoms with Crippen molar-refractivity contribution in [3.8, 4) is 0 Å². The lowest BCUT2D eigenvalue weighted by molar-refractivity contribution is -0.114. The van der Waals surface area contributed by atoms with Crippen LogP contribution in [0, 0.1) is 13.8 Å². The normalized spacial score (nSPS) is 11.4. The Bertz CT molecular complexity index is 1120. The number of hydrogen-bond acceptors (Lipinski definition) is 3. The summed E-state index contributed by atoms with van der Waals surface area (Å²) in [7, 11) is -3.66. The number of nitrogens with zero attached hydrogens (tertiary/aromatic N) is 1. The van der Waals surface area contributed by atoms with Gasteiger partial charge in [0.15, 0.2) is 0 Å². The molecule has 1 heterocycles. The van der Waals surface area contributed by atoms with E-state index in [-0.39, 0.29) is 17.3 Å². The highest BCUT2D eigenvalue weighted by Gasteiger charge is 2.15. The molecule has 3 aromatic rings. The minimum atomic E-state index is -3.66. The molecule has 1 amide bonds. The number of carbonyl (C=O) groups excluding carboxylic acids is 1. The van der Waals surface area contributed by atoms with Crippen LogP contribution in [-0.2, 0) is 27.9 Å². The summed E-state index contributed by atoms with van der Waals surface area (Å²) in [5.74, 6) is -0.205. The van der Waals surface area contributed by atoms with Crippen LogP contribution in [0.15, 0.2) is 65.7 Å². The van der Waals surface area contributed by atoms with Crippen LogP contribution in [0.25, 0.3) is 0 Å². The lowest BCUT2D eigenvalue weighted by Gasteiger charge is -2.13. The van der Waals surface area contributed by atoms with E-state index >= 15 is 0 Å². The van der Waals surface area contributed by atoms with Crippen molar-refractivity contribution in [1.82, 2.24) is 9.29 Å². The van der Waals surface area contributed by atoms with Crippen LogP contribution in [0.4, 0.5) is 5.69 Å². The smallest absolute Gasteiger partial charge is 0.240 e. The summed E-state index contributed by atoms with van der Waals surface area (Å²) in [6.07, 6.45) is 1.95. The van der Waals surface area contributed by atoms with Crippen molar-refractivity contribution in [2.75, 3.05) is 5.32 Å². The fourth-order valence-corrected chi connectivity index (χ4v) is 4.09.